The van der Waals surface area contributed by atoms with Gasteiger partial charge in [-0.1, -0.05) is 24.8 Å². The minimum absolute atomic E-state index is 0.101. The number of hydrogen-bond acceptors (Lipinski definition) is 5. The molecule has 0 unspecified atom stereocenters. The van der Waals surface area contributed by atoms with Gasteiger partial charge in [-0.25, -0.2) is 4.98 Å². The molecule has 1 aromatic carbocycles. The van der Waals surface area contributed by atoms with E-state index in [0.717, 1.165) is 16.4 Å². The summed E-state index contributed by atoms with van der Waals surface area (Å²) in [6, 6.07) is 5.14. The number of aryl methyl sites for hydroxylation is 1. The van der Waals surface area contributed by atoms with Crippen molar-refractivity contribution in [2.24, 2.45) is 0 Å². The number of fused-ring (bicyclic) bond motifs is 1. The Morgan fingerprint density at radius 2 is 2.24 bits per heavy atom. The molecule has 0 fully saturated rings. The second-order valence-corrected chi connectivity index (χ2v) is 4.72. The maximum Gasteiger partial charge on any atom is 0.169 e. The Balaban J connectivity index is 2.70. The van der Waals surface area contributed by atoms with Crippen LogP contribution in [0.4, 0.5) is 5.69 Å². The van der Waals surface area contributed by atoms with Crippen molar-refractivity contribution >= 4 is 28.5 Å². The van der Waals surface area contributed by atoms with Crippen molar-refractivity contribution in [2.75, 3.05) is 11.0 Å². The first-order valence-corrected chi connectivity index (χ1v) is 6.45. The standard InChI is InChI=1S/C11H14N3O2S/c1-3-13-10-8(12-11(13)17-4-2)6-5-7-9(10)14(15)16/h5-7,15H,3-4H2,1-2H3/q-1. The summed E-state index contributed by atoms with van der Waals surface area (Å²) >= 11 is 1.62. The summed E-state index contributed by atoms with van der Waals surface area (Å²) in [6.45, 7) is 4.75. The van der Waals surface area contributed by atoms with E-state index in [0.29, 0.717) is 12.1 Å². The predicted molar refractivity (Wildman–Crippen MR) is 69.4 cm³/mol. The number of nitrogens with zero attached hydrogens (tertiary/aromatic N) is 3. The van der Waals surface area contributed by atoms with Crippen molar-refractivity contribution in [1.29, 1.82) is 0 Å². The lowest BCUT2D eigenvalue weighted by Gasteiger charge is -2.23. The molecule has 2 aromatic rings. The van der Waals surface area contributed by atoms with E-state index in [2.05, 4.69) is 11.9 Å². The lowest BCUT2D eigenvalue weighted by Crippen LogP contribution is -2.09. The van der Waals surface area contributed by atoms with E-state index in [1.165, 1.54) is 0 Å². The molecule has 0 amide bonds. The lowest BCUT2D eigenvalue weighted by atomic mass is 10.2. The van der Waals surface area contributed by atoms with Gasteiger partial charge in [-0.2, -0.15) is 0 Å². The van der Waals surface area contributed by atoms with E-state index in [4.69, 9.17) is 5.21 Å². The second kappa shape index (κ2) is 4.95. The summed E-state index contributed by atoms with van der Waals surface area (Å²) in [4.78, 5) is 4.47. The van der Waals surface area contributed by atoms with Crippen molar-refractivity contribution < 1.29 is 5.21 Å². The largest absolute Gasteiger partial charge is 0.733 e. The van der Waals surface area contributed by atoms with Gasteiger partial charge in [0, 0.05) is 6.54 Å². The molecule has 17 heavy (non-hydrogen) atoms. The van der Waals surface area contributed by atoms with Crippen LogP contribution in [-0.4, -0.2) is 20.5 Å². The highest BCUT2D eigenvalue weighted by Crippen LogP contribution is 2.30. The van der Waals surface area contributed by atoms with E-state index in [-0.39, 0.29) is 10.9 Å². The van der Waals surface area contributed by atoms with Gasteiger partial charge < -0.3 is 15.0 Å². The topological polar surface area (TPSA) is 64.3 Å². The third kappa shape index (κ3) is 2.11. The van der Waals surface area contributed by atoms with Crippen LogP contribution in [0.25, 0.3) is 11.0 Å². The SMILES string of the molecule is CCSc1nc2cccc(N([O-])O)c2n1CC. The molecule has 0 aliphatic carbocycles. The van der Waals surface area contributed by atoms with Crippen LogP contribution in [0.3, 0.4) is 0 Å². The number of rotatable bonds is 4. The highest BCUT2D eigenvalue weighted by atomic mass is 32.2. The molecule has 0 saturated carbocycles. The van der Waals surface area contributed by atoms with Crippen molar-refractivity contribution in [3.8, 4) is 0 Å². The Bertz CT molecular complexity index is 525. The second-order valence-electron chi connectivity index (χ2n) is 3.49. The molecule has 0 saturated heterocycles. The van der Waals surface area contributed by atoms with Gasteiger partial charge in [-0.05, 0) is 24.8 Å². The minimum atomic E-state index is -0.101. The van der Waals surface area contributed by atoms with Gasteiger partial charge in [0.05, 0.1) is 16.7 Å². The molecular formula is C11H14N3O2S-. The van der Waals surface area contributed by atoms with E-state index >= 15 is 0 Å². The van der Waals surface area contributed by atoms with Crippen LogP contribution < -0.4 is 5.23 Å². The van der Waals surface area contributed by atoms with Crippen LogP contribution >= 0.6 is 11.8 Å². The summed E-state index contributed by atoms with van der Waals surface area (Å²) in [5.74, 6) is 0.916. The van der Waals surface area contributed by atoms with Crippen LogP contribution in [0.1, 0.15) is 13.8 Å². The molecule has 0 aliphatic heterocycles. The fraction of sp³-hybridized carbons (Fsp3) is 0.364. The Hall–Kier alpha value is -1.24. The lowest BCUT2D eigenvalue weighted by molar-refractivity contribution is 0.297. The summed E-state index contributed by atoms with van der Waals surface area (Å²) in [5.41, 5.74) is 1.65. The van der Waals surface area contributed by atoms with Gasteiger partial charge in [0.25, 0.3) is 0 Å². The van der Waals surface area contributed by atoms with Crippen molar-refractivity contribution in [2.45, 2.75) is 25.5 Å². The molecule has 0 atom stereocenters. The number of hydrogen-bond donors (Lipinski definition) is 1. The predicted octanol–water partition coefficient (Wildman–Crippen LogP) is 2.86. The molecule has 0 spiro atoms. The van der Waals surface area contributed by atoms with Crippen LogP contribution in [0, 0.1) is 5.21 Å². The van der Waals surface area contributed by atoms with E-state index in [1.807, 2.05) is 17.6 Å². The number of benzene rings is 1. The Kier molecular flexibility index (Phi) is 3.56. The minimum Gasteiger partial charge on any atom is -0.733 e. The van der Waals surface area contributed by atoms with Crippen molar-refractivity contribution in [1.82, 2.24) is 9.55 Å². The first-order valence-electron chi connectivity index (χ1n) is 5.47. The van der Waals surface area contributed by atoms with Crippen LogP contribution in [0.5, 0.6) is 0 Å². The Labute approximate surface area is 104 Å². The fourth-order valence-electron chi connectivity index (χ4n) is 1.83. The molecule has 0 bridgehead atoms. The van der Waals surface area contributed by atoms with Crippen molar-refractivity contribution in [3.63, 3.8) is 0 Å². The van der Waals surface area contributed by atoms with Gasteiger partial charge in [0.15, 0.2) is 5.16 Å². The van der Waals surface area contributed by atoms with Crippen molar-refractivity contribution in [3.05, 3.63) is 23.4 Å². The fourth-order valence-corrected chi connectivity index (χ4v) is 2.63. The van der Waals surface area contributed by atoms with E-state index in [1.54, 1.807) is 23.9 Å². The zero-order valence-corrected chi connectivity index (χ0v) is 10.6. The van der Waals surface area contributed by atoms with Crippen LogP contribution in [0.15, 0.2) is 23.4 Å². The molecule has 6 heteroatoms. The first-order chi connectivity index (χ1) is 8.19. The number of imidazole rings is 1. The quantitative estimate of drug-likeness (QED) is 0.669. The van der Waals surface area contributed by atoms with Gasteiger partial charge in [0.2, 0.25) is 0 Å². The molecule has 0 radical (unpaired) electrons. The number of aromatic nitrogens is 2. The summed E-state index contributed by atoms with van der Waals surface area (Å²) < 4.78 is 1.94. The Morgan fingerprint density at radius 1 is 1.47 bits per heavy atom. The van der Waals surface area contributed by atoms with Crippen LogP contribution in [0.2, 0.25) is 0 Å². The summed E-state index contributed by atoms with van der Waals surface area (Å²) in [5, 5.41) is 21.0. The molecule has 1 aromatic heterocycles. The number of para-hydroxylation sites is 1. The highest BCUT2D eigenvalue weighted by molar-refractivity contribution is 7.99. The smallest absolute Gasteiger partial charge is 0.169 e. The molecule has 92 valence electrons. The maximum absolute atomic E-state index is 11.1. The van der Waals surface area contributed by atoms with Crippen LogP contribution in [-0.2, 0) is 6.54 Å². The van der Waals surface area contributed by atoms with Gasteiger partial charge in [-0.15, -0.1) is 0 Å². The zero-order chi connectivity index (χ0) is 12.4. The molecule has 1 N–H and O–H groups in total. The first kappa shape index (κ1) is 12.2. The average Bonchev–Trinajstić information content (AvgIpc) is 2.66. The zero-order valence-electron chi connectivity index (χ0n) is 9.75. The van der Waals surface area contributed by atoms with Gasteiger partial charge in [0.1, 0.15) is 0 Å². The Morgan fingerprint density at radius 3 is 2.82 bits per heavy atom. The van der Waals surface area contributed by atoms with Gasteiger partial charge in [-0.3, -0.25) is 5.21 Å². The van der Waals surface area contributed by atoms with E-state index < -0.39 is 0 Å². The highest BCUT2D eigenvalue weighted by Gasteiger charge is 2.13. The maximum atomic E-state index is 11.1. The van der Waals surface area contributed by atoms with E-state index in [9.17, 15) is 5.21 Å². The molecule has 0 aliphatic rings. The normalized spacial score (nSPS) is 11.1. The molecule has 2 rings (SSSR count). The molecule has 5 nitrogen and oxygen atoms in total. The molecular weight excluding hydrogens is 238 g/mol. The molecule has 1 heterocycles. The third-order valence-electron chi connectivity index (χ3n) is 2.51. The monoisotopic (exact) mass is 252 g/mol. The third-order valence-corrected chi connectivity index (χ3v) is 3.36. The summed E-state index contributed by atoms with van der Waals surface area (Å²) in [6.07, 6.45) is 0. The summed E-state index contributed by atoms with van der Waals surface area (Å²) in [7, 11) is 0. The van der Waals surface area contributed by atoms with Gasteiger partial charge >= 0.3 is 0 Å². The number of anilines is 1. The average molecular weight is 252 g/mol. The number of thioether (sulfide) groups is 1.